The molecule has 0 aliphatic heterocycles. The second-order valence-electron chi connectivity index (χ2n) is 4.08. The van der Waals surface area contributed by atoms with E-state index in [1.807, 2.05) is 20.8 Å². The molecule has 0 aromatic heterocycles. The lowest BCUT2D eigenvalue weighted by molar-refractivity contribution is -0.128. The van der Waals surface area contributed by atoms with Gasteiger partial charge in [0.1, 0.15) is 5.75 Å². The molecule has 0 aliphatic rings. The molecule has 0 aromatic carbocycles. The van der Waals surface area contributed by atoms with Gasteiger partial charge in [0.2, 0.25) is 5.91 Å². The van der Waals surface area contributed by atoms with Crippen molar-refractivity contribution < 1.29 is 14.1 Å². The van der Waals surface area contributed by atoms with Gasteiger partial charge in [-0.25, -0.2) is 0 Å². The molecule has 5 nitrogen and oxygen atoms in total. The van der Waals surface area contributed by atoms with E-state index < -0.39 is 10.8 Å². The highest BCUT2D eigenvalue weighted by molar-refractivity contribution is 7.85. The molecule has 0 radical (unpaired) electrons. The van der Waals surface area contributed by atoms with Crippen molar-refractivity contribution in [3.05, 3.63) is 0 Å². The summed E-state index contributed by atoms with van der Waals surface area (Å²) in [5.74, 6) is 0.439. The fraction of sp³-hybridized carbons (Fsp3) is 0.917. The Kier molecular flexibility index (Phi) is 10.2. The summed E-state index contributed by atoms with van der Waals surface area (Å²) in [6.45, 7) is 7.94. The van der Waals surface area contributed by atoms with Crippen LogP contribution in [0.3, 0.4) is 0 Å². The van der Waals surface area contributed by atoms with Gasteiger partial charge >= 0.3 is 0 Å². The molecular weight excluding hydrogens is 252 g/mol. The minimum atomic E-state index is -1.17. The van der Waals surface area contributed by atoms with E-state index in [4.69, 9.17) is 5.11 Å². The predicted molar refractivity (Wildman–Crippen MR) is 75.0 cm³/mol. The molecule has 0 aromatic rings. The van der Waals surface area contributed by atoms with Gasteiger partial charge in [0.05, 0.1) is 0 Å². The standard InChI is InChI=1S/C12H26N2O3S/c1-4-13-11(7-8-15)9-18(17)10-12(16)14(5-2)6-3/h11,13,15H,4-10H2,1-3H3. The molecule has 0 rings (SSSR count). The van der Waals surface area contributed by atoms with Crippen molar-refractivity contribution in [3.63, 3.8) is 0 Å². The quantitative estimate of drug-likeness (QED) is 0.588. The lowest BCUT2D eigenvalue weighted by atomic mass is 10.2. The topological polar surface area (TPSA) is 69.6 Å². The van der Waals surface area contributed by atoms with Crippen molar-refractivity contribution in [2.24, 2.45) is 0 Å². The molecule has 6 heteroatoms. The average Bonchev–Trinajstić information content (AvgIpc) is 2.30. The fourth-order valence-corrected chi connectivity index (χ4v) is 3.09. The van der Waals surface area contributed by atoms with Gasteiger partial charge in [-0.3, -0.25) is 9.00 Å². The molecular formula is C12H26N2O3S. The summed E-state index contributed by atoms with van der Waals surface area (Å²) in [6.07, 6.45) is 0.568. The second kappa shape index (κ2) is 10.5. The van der Waals surface area contributed by atoms with Crippen LogP contribution >= 0.6 is 0 Å². The first kappa shape index (κ1) is 17.5. The average molecular weight is 278 g/mol. The molecule has 0 aliphatic carbocycles. The van der Waals surface area contributed by atoms with E-state index in [2.05, 4.69) is 5.32 Å². The Morgan fingerprint density at radius 2 is 1.94 bits per heavy atom. The summed E-state index contributed by atoms with van der Waals surface area (Å²) in [6, 6.07) is 0.0188. The number of nitrogens with one attached hydrogen (secondary N) is 1. The minimum absolute atomic E-state index is 0.0188. The highest BCUT2D eigenvalue weighted by Crippen LogP contribution is 1.98. The number of amides is 1. The number of carbonyl (C=O) groups is 1. The van der Waals surface area contributed by atoms with Crippen molar-refractivity contribution in [2.45, 2.75) is 33.2 Å². The first-order chi connectivity index (χ1) is 8.58. The zero-order chi connectivity index (χ0) is 14.0. The predicted octanol–water partition coefficient (Wildman–Crippen LogP) is -0.0360. The van der Waals surface area contributed by atoms with Crippen LogP contribution in [0.5, 0.6) is 0 Å². The normalized spacial score (nSPS) is 14.2. The van der Waals surface area contributed by atoms with E-state index in [-0.39, 0.29) is 24.3 Å². The molecule has 2 atom stereocenters. The number of aliphatic hydroxyl groups excluding tert-OH is 1. The van der Waals surface area contributed by atoms with Gasteiger partial charge in [-0.15, -0.1) is 0 Å². The zero-order valence-electron chi connectivity index (χ0n) is 11.6. The maximum absolute atomic E-state index is 11.9. The molecule has 2 unspecified atom stereocenters. The molecule has 0 heterocycles. The molecule has 0 spiro atoms. The Hall–Kier alpha value is -0.460. The van der Waals surface area contributed by atoms with Crippen LogP contribution in [0.2, 0.25) is 0 Å². The van der Waals surface area contributed by atoms with E-state index in [0.29, 0.717) is 25.3 Å². The third-order valence-electron chi connectivity index (χ3n) is 2.76. The molecule has 0 bridgehead atoms. The molecule has 0 saturated heterocycles. The van der Waals surface area contributed by atoms with Crippen LogP contribution in [0.4, 0.5) is 0 Å². The summed E-state index contributed by atoms with van der Waals surface area (Å²) in [7, 11) is -1.17. The van der Waals surface area contributed by atoms with Gasteiger partial charge < -0.3 is 15.3 Å². The smallest absolute Gasteiger partial charge is 0.235 e. The SMILES string of the molecule is CCNC(CCO)CS(=O)CC(=O)N(CC)CC. The molecule has 0 fully saturated rings. The van der Waals surface area contributed by atoms with E-state index >= 15 is 0 Å². The third kappa shape index (κ3) is 7.08. The van der Waals surface area contributed by atoms with E-state index in [9.17, 15) is 9.00 Å². The number of nitrogens with zero attached hydrogens (tertiary/aromatic N) is 1. The van der Waals surface area contributed by atoms with Crippen molar-refractivity contribution in [2.75, 3.05) is 37.7 Å². The number of hydrogen-bond acceptors (Lipinski definition) is 4. The Labute approximate surface area is 112 Å². The Morgan fingerprint density at radius 1 is 1.33 bits per heavy atom. The minimum Gasteiger partial charge on any atom is -0.396 e. The van der Waals surface area contributed by atoms with Crippen LogP contribution in [0.1, 0.15) is 27.2 Å². The lowest BCUT2D eigenvalue weighted by Gasteiger charge is -2.20. The first-order valence-corrected chi connectivity index (χ1v) is 8.04. The van der Waals surface area contributed by atoms with E-state index in [1.54, 1.807) is 4.90 Å². The Morgan fingerprint density at radius 3 is 2.39 bits per heavy atom. The largest absolute Gasteiger partial charge is 0.396 e. The summed E-state index contributed by atoms with van der Waals surface area (Å²) in [4.78, 5) is 13.5. The van der Waals surface area contributed by atoms with Crippen LogP contribution in [0.15, 0.2) is 0 Å². The molecule has 0 saturated carbocycles. The van der Waals surface area contributed by atoms with Gasteiger partial charge in [-0.1, -0.05) is 6.92 Å². The van der Waals surface area contributed by atoms with Crippen LogP contribution in [0.25, 0.3) is 0 Å². The summed E-state index contributed by atoms with van der Waals surface area (Å²) in [5.41, 5.74) is 0. The highest BCUT2D eigenvalue weighted by atomic mass is 32.2. The van der Waals surface area contributed by atoms with Gasteiger partial charge in [0.15, 0.2) is 0 Å². The van der Waals surface area contributed by atoms with E-state index in [0.717, 1.165) is 6.54 Å². The number of hydrogen-bond donors (Lipinski definition) is 2. The second-order valence-corrected chi connectivity index (χ2v) is 5.59. The summed E-state index contributed by atoms with van der Waals surface area (Å²) >= 11 is 0. The van der Waals surface area contributed by atoms with Crippen LogP contribution in [-0.2, 0) is 15.6 Å². The fourth-order valence-electron chi connectivity index (χ4n) is 1.78. The van der Waals surface area contributed by atoms with Crippen LogP contribution in [0, 0.1) is 0 Å². The van der Waals surface area contributed by atoms with Crippen molar-refractivity contribution in [1.29, 1.82) is 0 Å². The Bertz CT molecular complexity index is 252. The molecule has 108 valence electrons. The van der Waals surface area contributed by atoms with Crippen molar-refractivity contribution >= 4 is 16.7 Å². The third-order valence-corrected chi connectivity index (χ3v) is 4.10. The lowest BCUT2D eigenvalue weighted by Crippen LogP contribution is -2.39. The zero-order valence-corrected chi connectivity index (χ0v) is 12.5. The Balaban J connectivity index is 4.18. The van der Waals surface area contributed by atoms with E-state index in [1.165, 1.54) is 0 Å². The van der Waals surface area contributed by atoms with Crippen molar-refractivity contribution in [3.8, 4) is 0 Å². The number of carbonyl (C=O) groups excluding carboxylic acids is 1. The van der Waals surface area contributed by atoms with Crippen LogP contribution in [-0.4, -0.2) is 63.9 Å². The monoisotopic (exact) mass is 278 g/mol. The van der Waals surface area contributed by atoms with Crippen molar-refractivity contribution in [1.82, 2.24) is 10.2 Å². The maximum atomic E-state index is 11.9. The molecule has 1 amide bonds. The van der Waals surface area contributed by atoms with Gasteiger partial charge in [0.25, 0.3) is 0 Å². The number of rotatable bonds is 10. The highest BCUT2D eigenvalue weighted by Gasteiger charge is 2.17. The number of aliphatic hydroxyl groups is 1. The van der Waals surface area contributed by atoms with Crippen LogP contribution < -0.4 is 5.32 Å². The van der Waals surface area contributed by atoms with Gasteiger partial charge in [-0.2, -0.15) is 0 Å². The molecule has 18 heavy (non-hydrogen) atoms. The molecule has 2 N–H and O–H groups in total. The summed E-state index contributed by atoms with van der Waals surface area (Å²) < 4.78 is 11.9. The van der Waals surface area contributed by atoms with Gasteiger partial charge in [0, 0.05) is 42.3 Å². The first-order valence-electron chi connectivity index (χ1n) is 6.55. The van der Waals surface area contributed by atoms with Gasteiger partial charge in [-0.05, 0) is 26.8 Å². The summed E-state index contributed by atoms with van der Waals surface area (Å²) in [5, 5.41) is 12.1. The maximum Gasteiger partial charge on any atom is 0.235 e.